The van der Waals surface area contributed by atoms with E-state index in [9.17, 15) is 17.6 Å². The van der Waals surface area contributed by atoms with Crippen molar-refractivity contribution in [2.24, 2.45) is 0 Å². The molecule has 0 aliphatic heterocycles. The molecule has 7 heteroatoms. The normalized spacial score (nSPS) is 11.4. The van der Waals surface area contributed by atoms with E-state index in [1.54, 1.807) is 24.3 Å². The minimum absolute atomic E-state index is 0.186. The first-order valence-corrected chi connectivity index (χ1v) is 8.89. The fourth-order valence-corrected chi connectivity index (χ4v) is 2.91. The molecule has 0 fully saturated rings. The van der Waals surface area contributed by atoms with Crippen molar-refractivity contribution in [2.45, 2.75) is 4.90 Å². The Labute approximate surface area is 137 Å². The number of halogens is 1. The third-order valence-corrected chi connectivity index (χ3v) is 4.59. The molecule has 122 valence electrons. The molecule has 0 radical (unpaired) electrons. The van der Waals surface area contributed by atoms with Crippen molar-refractivity contribution in [3.63, 3.8) is 0 Å². The second-order valence-electron chi connectivity index (χ2n) is 5.26. The van der Waals surface area contributed by atoms with Gasteiger partial charge in [-0.2, -0.15) is 5.10 Å². The lowest BCUT2D eigenvalue weighted by molar-refractivity contribution is 0.602. The van der Waals surface area contributed by atoms with Gasteiger partial charge in [0.25, 0.3) is 0 Å². The van der Waals surface area contributed by atoms with Crippen LogP contribution in [0.15, 0.2) is 70.5 Å². The van der Waals surface area contributed by atoms with Gasteiger partial charge in [0.2, 0.25) is 5.43 Å². The predicted octanol–water partition coefficient (Wildman–Crippen LogP) is 2.44. The van der Waals surface area contributed by atoms with Crippen molar-refractivity contribution in [1.29, 1.82) is 0 Å². The summed E-state index contributed by atoms with van der Waals surface area (Å²) in [6.45, 7) is 0. The highest BCUT2D eigenvalue weighted by Crippen LogP contribution is 2.22. The monoisotopic (exact) mass is 344 g/mol. The summed E-state index contributed by atoms with van der Waals surface area (Å²) in [4.78, 5) is 11.9. The largest absolute Gasteiger partial charge is 0.288 e. The molecule has 3 rings (SSSR count). The third-order valence-electron chi connectivity index (χ3n) is 3.46. The van der Waals surface area contributed by atoms with Crippen LogP contribution in [0.3, 0.4) is 0 Å². The zero-order valence-electron chi connectivity index (χ0n) is 12.7. The van der Waals surface area contributed by atoms with Crippen molar-refractivity contribution < 1.29 is 12.8 Å². The summed E-state index contributed by atoms with van der Waals surface area (Å²) in [5, 5.41) is 4.09. The summed E-state index contributed by atoms with van der Waals surface area (Å²) >= 11 is 0. The van der Waals surface area contributed by atoms with Gasteiger partial charge in [-0.1, -0.05) is 12.1 Å². The Hall–Kier alpha value is -2.80. The Balaban J connectivity index is 2.15. The van der Waals surface area contributed by atoms with E-state index in [4.69, 9.17) is 0 Å². The first-order valence-electron chi connectivity index (χ1n) is 7.00. The second kappa shape index (κ2) is 6.01. The Morgan fingerprint density at radius 2 is 1.62 bits per heavy atom. The summed E-state index contributed by atoms with van der Waals surface area (Å²) in [6.07, 6.45) is 2.29. The van der Waals surface area contributed by atoms with E-state index in [0.29, 0.717) is 16.9 Å². The molecule has 0 saturated heterocycles. The third kappa shape index (κ3) is 3.26. The number of rotatable bonds is 3. The lowest BCUT2D eigenvalue weighted by atomic mass is 10.1. The van der Waals surface area contributed by atoms with Gasteiger partial charge in [-0.05, 0) is 36.4 Å². The zero-order chi connectivity index (χ0) is 17.3. The van der Waals surface area contributed by atoms with E-state index in [-0.39, 0.29) is 16.1 Å². The van der Waals surface area contributed by atoms with Gasteiger partial charge < -0.3 is 0 Å². The van der Waals surface area contributed by atoms with Gasteiger partial charge in [0, 0.05) is 17.9 Å². The highest BCUT2D eigenvalue weighted by Gasteiger charge is 2.11. The molecule has 0 atom stereocenters. The number of aromatic nitrogens is 2. The van der Waals surface area contributed by atoms with Crippen molar-refractivity contribution in [2.75, 3.05) is 6.26 Å². The minimum atomic E-state index is -3.30. The standard InChI is InChI=1S/C17H13FN2O3S/c1-24(22,23)16-8-2-12(3-9-16)17-10-15(21)11-19-20(17)14-6-4-13(18)5-7-14/h2-11H,1H3. The zero-order valence-corrected chi connectivity index (χ0v) is 13.5. The average molecular weight is 344 g/mol. The summed E-state index contributed by atoms with van der Waals surface area (Å²) in [5.41, 5.74) is 1.40. The summed E-state index contributed by atoms with van der Waals surface area (Å²) < 4.78 is 37.7. The molecule has 5 nitrogen and oxygen atoms in total. The van der Waals surface area contributed by atoms with Crippen LogP contribution in [0.1, 0.15) is 0 Å². The first kappa shape index (κ1) is 16.1. The van der Waals surface area contributed by atoms with E-state index in [2.05, 4.69) is 5.10 Å². The fourth-order valence-electron chi connectivity index (χ4n) is 2.28. The van der Waals surface area contributed by atoms with E-state index in [0.717, 1.165) is 12.5 Å². The van der Waals surface area contributed by atoms with Crippen LogP contribution in [0.4, 0.5) is 4.39 Å². The number of sulfone groups is 1. The number of hydrogen-bond donors (Lipinski definition) is 0. The van der Waals surface area contributed by atoms with Crippen molar-refractivity contribution in [3.05, 3.63) is 76.8 Å². The molecule has 3 aromatic rings. The molecule has 0 spiro atoms. The summed E-state index contributed by atoms with van der Waals surface area (Å²) in [5.74, 6) is -0.376. The van der Waals surface area contributed by atoms with Gasteiger partial charge >= 0.3 is 0 Å². The highest BCUT2D eigenvalue weighted by molar-refractivity contribution is 7.90. The maximum absolute atomic E-state index is 13.1. The lowest BCUT2D eigenvalue weighted by Crippen LogP contribution is -2.11. The van der Waals surface area contributed by atoms with Gasteiger partial charge in [0.05, 0.1) is 22.5 Å². The maximum Gasteiger partial charge on any atom is 0.200 e. The van der Waals surface area contributed by atoms with E-state index >= 15 is 0 Å². The molecule has 1 aromatic heterocycles. The summed E-state index contributed by atoms with van der Waals surface area (Å²) in [6, 6.07) is 13.2. The molecular weight excluding hydrogens is 331 g/mol. The first-order chi connectivity index (χ1) is 11.3. The smallest absolute Gasteiger partial charge is 0.200 e. The Bertz CT molecular complexity index is 1040. The maximum atomic E-state index is 13.1. The van der Waals surface area contributed by atoms with Crippen molar-refractivity contribution in [3.8, 4) is 16.9 Å². The number of nitrogens with zero attached hydrogens (tertiary/aromatic N) is 2. The molecule has 2 aromatic carbocycles. The SMILES string of the molecule is CS(=O)(=O)c1ccc(-c2cc(=O)cnn2-c2ccc(F)cc2)cc1. The van der Waals surface area contributed by atoms with E-state index < -0.39 is 9.84 Å². The van der Waals surface area contributed by atoms with Gasteiger partial charge in [-0.3, -0.25) is 4.79 Å². The van der Waals surface area contributed by atoms with Crippen LogP contribution in [0.2, 0.25) is 0 Å². The molecule has 24 heavy (non-hydrogen) atoms. The molecule has 0 N–H and O–H groups in total. The number of hydrogen-bond acceptors (Lipinski definition) is 4. The fraction of sp³-hybridized carbons (Fsp3) is 0.0588. The molecule has 0 unspecified atom stereocenters. The van der Waals surface area contributed by atoms with Crippen LogP contribution in [0, 0.1) is 5.82 Å². The molecule has 0 aliphatic carbocycles. The van der Waals surface area contributed by atoms with Gasteiger partial charge in [0.15, 0.2) is 9.84 Å². The minimum Gasteiger partial charge on any atom is -0.288 e. The molecule has 0 aliphatic rings. The van der Waals surface area contributed by atoms with Crippen LogP contribution >= 0.6 is 0 Å². The lowest BCUT2D eigenvalue weighted by Gasteiger charge is -2.12. The summed E-state index contributed by atoms with van der Waals surface area (Å²) in [7, 11) is -3.30. The van der Waals surface area contributed by atoms with Crippen LogP contribution in [-0.2, 0) is 9.84 Å². The Kier molecular flexibility index (Phi) is 4.02. The molecule has 0 saturated carbocycles. The van der Waals surface area contributed by atoms with Crippen LogP contribution < -0.4 is 5.43 Å². The molecule has 0 amide bonds. The van der Waals surface area contributed by atoms with Crippen molar-refractivity contribution in [1.82, 2.24) is 9.78 Å². The molecule has 0 bridgehead atoms. The second-order valence-corrected chi connectivity index (χ2v) is 7.28. The van der Waals surface area contributed by atoms with E-state index in [1.165, 1.54) is 35.0 Å². The van der Waals surface area contributed by atoms with Crippen molar-refractivity contribution >= 4 is 9.84 Å². The molecular formula is C17H13FN2O3S. The quantitative estimate of drug-likeness (QED) is 0.732. The van der Waals surface area contributed by atoms with E-state index in [1.807, 2.05) is 0 Å². The van der Waals surface area contributed by atoms with Gasteiger partial charge in [-0.15, -0.1) is 0 Å². The highest BCUT2D eigenvalue weighted by atomic mass is 32.2. The van der Waals surface area contributed by atoms with Gasteiger partial charge in [-0.25, -0.2) is 17.5 Å². The predicted molar refractivity (Wildman–Crippen MR) is 88.3 cm³/mol. The van der Waals surface area contributed by atoms with Crippen LogP contribution in [-0.4, -0.2) is 24.5 Å². The number of benzene rings is 2. The Morgan fingerprint density at radius 3 is 2.21 bits per heavy atom. The Morgan fingerprint density at radius 1 is 1.00 bits per heavy atom. The molecule has 1 heterocycles. The topological polar surface area (TPSA) is 69.0 Å². The average Bonchev–Trinajstić information content (AvgIpc) is 2.55. The van der Waals surface area contributed by atoms with Crippen LogP contribution in [0.5, 0.6) is 0 Å². The van der Waals surface area contributed by atoms with Gasteiger partial charge in [0.1, 0.15) is 5.82 Å². The van der Waals surface area contributed by atoms with Crippen LogP contribution in [0.25, 0.3) is 16.9 Å².